The fourth-order valence-corrected chi connectivity index (χ4v) is 3.26. The molecule has 0 aliphatic heterocycles. The molecule has 2 N–H and O–H groups in total. The number of nitrogens with one attached hydrogen (secondary N) is 2. The summed E-state index contributed by atoms with van der Waals surface area (Å²) in [5, 5.41) is 5.59. The summed E-state index contributed by atoms with van der Waals surface area (Å²) in [5.41, 5.74) is 1.74. The van der Waals surface area contributed by atoms with Crippen LogP contribution in [0.25, 0.3) is 0 Å². The number of hydrogen-bond donors (Lipinski definition) is 2. The summed E-state index contributed by atoms with van der Waals surface area (Å²) in [6.07, 6.45) is 3.89. The molecule has 3 rings (SSSR count). The Morgan fingerprint density at radius 1 is 1.07 bits per heavy atom. The van der Waals surface area contributed by atoms with E-state index in [1.54, 1.807) is 48.2 Å². The number of hydrogen-bond acceptors (Lipinski definition) is 5. The number of carbonyl (C=O) groups excluding carboxylic acids is 2. The van der Waals surface area contributed by atoms with E-state index in [1.807, 2.05) is 37.4 Å². The first-order chi connectivity index (χ1) is 14.5. The molecule has 1 unspecified atom stereocenters. The van der Waals surface area contributed by atoms with Crippen LogP contribution in [0.2, 0.25) is 0 Å². The average molecular weight is 425 g/mol. The van der Waals surface area contributed by atoms with Crippen molar-refractivity contribution in [1.82, 2.24) is 5.32 Å². The maximum atomic E-state index is 12.7. The quantitative estimate of drug-likeness (QED) is 0.512. The summed E-state index contributed by atoms with van der Waals surface area (Å²) < 4.78 is 10.9. The van der Waals surface area contributed by atoms with Gasteiger partial charge in [0.1, 0.15) is 17.5 Å². The number of anilines is 1. The van der Waals surface area contributed by atoms with Crippen LogP contribution < -0.4 is 15.4 Å². The van der Waals surface area contributed by atoms with Gasteiger partial charge in [0, 0.05) is 5.69 Å². The lowest BCUT2D eigenvalue weighted by Crippen LogP contribution is -2.44. The Morgan fingerprint density at radius 3 is 2.53 bits per heavy atom. The summed E-state index contributed by atoms with van der Waals surface area (Å²) in [6, 6.07) is 17.4. The van der Waals surface area contributed by atoms with Gasteiger partial charge in [0.05, 0.1) is 6.26 Å². The van der Waals surface area contributed by atoms with Crippen molar-refractivity contribution in [2.75, 3.05) is 17.3 Å². The third-order valence-electron chi connectivity index (χ3n) is 4.32. The van der Waals surface area contributed by atoms with Gasteiger partial charge in [0.2, 0.25) is 5.91 Å². The number of ether oxygens (including phenoxy) is 1. The lowest BCUT2D eigenvalue weighted by molar-refractivity contribution is -0.118. The van der Waals surface area contributed by atoms with Crippen molar-refractivity contribution < 1.29 is 18.7 Å². The smallest absolute Gasteiger partial charge is 0.287 e. The van der Waals surface area contributed by atoms with Crippen LogP contribution in [0.5, 0.6) is 11.5 Å². The van der Waals surface area contributed by atoms with E-state index in [-0.39, 0.29) is 11.7 Å². The molecule has 156 valence electrons. The van der Waals surface area contributed by atoms with Gasteiger partial charge in [-0.15, -0.1) is 0 Å². The van der Waals surface area contributed by atoms with Crippen molar-refractivity contribution in [3.05, 3.63) is 78.3 Å². The lowest BCUT2D eigenvalue weighted by Gasteiger charge is -2.17. The minimum absolute atomic E-state index is 0.176. The van der Waals surface area contributed by atoms with Gasteiger partial charge in [0.15, 0.2) is 5.76 Å². The molecule has 0 aliphatic rings. The zero-order valence-corrected chi connectivity index (χ0v) is 17.7. The molecule has 2 amide bonds. The molecule has 1 aromatic heterocycles. The highest BCUT2D eigenvalue weighted by atomic mass is 32.2. The second-order valence-electron chi connectivity index (χ2n) is 6.72. The number of carbonyl (C=O) groups is 2. The normalized spacial score (nSPS) is 11.5. The van der Waals surface area contributed by atoms with Crippen LogP contribution in [0.15, 0.2) is 71.3 Å². The minimum atomic E-state index is -0.668. The molecule has 0 saturated heterocycles. The monoisotopic (exact) mass is 424 g/mol. The Labute approximate surface area is 180 Å². The van der Waals surface area contributed by atoms with E-state index in [0.29, 0.717) is 17.9 Å². The fourth-order valence-electron chi connectivity index (χ4n) is 2.79. The Kier molecular flexibility index (Phi) is 7.57. The fraction of sp³-hybridized carbons (Fsp3) is 0.217. The van der Waals surface area contributed by atoms with Gasteiger partial charge in [-0.3, -0.25) is 9.59 Å². The molecule has 1 heterocycles. The van der Waals surface area contributed by atoms with Crippen molar-refractivity contribution in [3.8, 4) is 11.5 Å². The molecule has 3 aromatic rings. The maximum Gasteiger partial charge on any atom is 0.287 e. The zero-order valence-electron chi connectivity index (χ0n) is 16.9. The predicted octanol–water partition coefficient (Wildman–Crippen LogP) is 4.87. The molecular formula is C23H24N2O4S. The SMILES string of the molecule is CSCCC(NC(=O)c1ccco1)C(=O)Nc1ccc(Oc2cccc(C)c2)cc1. The van der Waals surface area contributed by atoms with Crippen molar-refractivity contribution in [2.24, 2.45) is 0 Å². The lowest BCUT2D eigenvalue weighted by atomic mass is 10.2. The second-order valence-corrected chi connectivity index (χ2v) is 7.70. The highest BCUT2D eigenvalue weighted by molar-refractivity contribution is 7.98. The molecule has 1 atom stereocenters. The molecule has 30 heavy (non-hydrogen) atoms. The van der Waals surface area contributed by atoms with Gasteiger partial charge >= 0.3 is 0 Å². The van der Waals surface area contributed by atoms with Gasteiger partial charge in [-0.1, -0.05) is 12.1 Å². The Balaban J connectivity index is 1.62. The zero-order chi connectivity index (χ0) is 21.3. The summed E-state index contributed by atoms with van der Waals surface area (Å²) >= 11 is 1.61. The van der Waals surface area contributed by atoms with Gasteiger partial charge in [0.25, 0.3) is 5.91 Å². The van der Waals surface area contributed by atoms with E-state index < -0.39 is 11.9 Å². The maximum absolute atomic E-state index is 12.7. The molecule has 0 bridgehead atoms. The van der Waals surface area contributed by atoms with Crippen molar-refractivity contribution in [2.45, 2.75) is 19.4 Å². The molecule has 0 saturated carbocycles. The Bertz CT molecular complexity index is 971. The summed E-state index contributed by atoms with van der Waals surface area (Å²) in [5.74, 6) is 1.64. The van der Waals surface area contributed by atoms with Gasteiger partial charge in [-0.05, 0) is 79.4 Å². The average Bonchev–Trinajstić information content (AvgIpc) is 3.27. The molecule has 0 spiro atoms. The third kappa shape index (κ3) is 6.15. The second kappa shape index (κ2) is 10.5. The van der Waals surface area contributed by atoms with Crippen LogP contribution in [0.1, 0.15) is 22.5 Å². The molecule has 0 radical (unpaired) electrons. The summed E-state index contributed by atoms with van der Waals surface area (Å²) in [4.78, 5) is 25.0. The Hall–Kier alpha value is -3.19. The molecule has 7 heteroatoms. The van der Waals surface area contributed by atoms with Gasteiger partial charge in [-0.2, -0.15) is 11.8 Å². The van der Waals surface area contributed by atoms with E-state index in [9.17, 15) is 9.59 Å². The molecule has 0 fully saturated rings. The van der Waals surface area contributed by atoms with Crippen LogP contribution in [-0.4, -0.2) is 29.9 Å². The molecule has 0 aliphatic carbocycles. The first kappa shape index (κ1) is 21.5. The number of amides is 2. The van der Waals surface area contributed by atoms with Crippen LogP contribution in [0.3, 0.4) is 0 Å². The number of aryl methyl sites for hydroxylation is 1. The van der Waals surface area contributed by atoms with E-state index in [2.05, 4.69) is 10.6 Å². The first-order valence-corrected chi connectivity index (χ1v) is 10.9. The highest BCUT2D eigenvalue weighted by Gasteiger charge is 2.22. The molecule has 6 nitrogen and oxygen atoms in total. The van der Waals surface area contributed by atoms with E-state index in [4.69, 9.17) is 9.15 Å². The third-order valence-corrected chi connectivity index (χ3v) is 4.97. The number of furan rings is 1. The number of rotatable bonds is 9. The van der Waals surface area contributed by atoms with Crippen molar-refractivity contribution in [3.63, 3.8) is 0 Å². The van der Waals surface area contributed by atoms with Crippen molar-refractivity contribution in [1.29, 1.82) is 0 Å². The van der Waals surface area contributed by atoms with Crippen molar-refractivity contribution >= 4 is 29.3 Å². The highest BCUT2D eigenvalue weighted by Crippen LogP contribution is 2.23. The van der Waals surface area contributed by atoms with E-state index >= 15 is 0 Å². The van der Waals surface area contributed by atoms with Crippen LogP contribution >= 0.6 is 11.8 Å². The van der Waals surface area contributed by atoms with E-state index in [0.717, 1.165) is 17.1 Å². The van der Waals surface area contributed by atoms with E-state index in [1.165, 1.54) is 6.26 Å². The molecule has 2 aromatic carbocycles. The van der Waals surface area contributed by atoms with Crippen LogP contribution in [-0.2, 0) is 4.79 Å². The molecular weight excluding hydrogens is 400 g/mol. The van der Waals surface area contributed by atoms with Crippen LogP contribution in [0.4, 0.5) is 5.69 Å². The number of benzene rings is 2. The largest absolute Gasteiger partial charge is 0.459 e. The predicted molar refractivity (Wildman–Crippen MR) is 119 cm³/mol. The minimum Gasteiger partial charge on any atom is -0.459 e. The summed E-state index contributed by atoms with van der Waals surface area (Å²) in [6.45, 7) is 2.00. The summed E-state index contributed by atoms with van der Waals surface area (Å²) in [7, 11) is 0. The van der Waals surface area contributed by atoms with Crippen LogP contribution in [0, 0.1) is 6.92 Å². The standard InChI is InChI=1S/C23H24N2O4S/c1-16-5-3-6-19(15-16)29-18-10-8-17(9-11-18)24-22(26)20(12-14-30-2)25-23(27)21-7-4-13-28-21/h3-11,13,15,20H,12,14H2,1-2H3,(H,24,26)(H,25,27). The first-order valence-electron chi connectivity index (χ1n) is 9.54. The van der Waals surface area contributed by atoms with Gasteiger partial charge in [-0.25, -0.2) is 0 Å². The number of thioether (sulfide) groups is 1. The topological polar surface area (TPSA) is 80.6 Å². The van der Waals surface area contributed by atoms with Gasteiger partial charge < -0.3 is 19.8 Å². The Morgan fingerprint density at radius 2 is 1.87 bits per heavy atom.